The topological polar surface area (TPSA) is 132 Å². The van der Waals surface area contributed by atoms with Gasteiger partial charge in [-0.1, -0.05) is 12.1 Å². The lowest BCUT2D eigenvalue weighted by Gasteiger charge is -2.21. The minimum absolute atomic E-state index is 0.177. The molecule has 4 heterocycles. The fourth-order valence-electron chi connectivity index (χ4n) is 4.95. The van der Waals surface area contributed by atoms with Gasteiger partial charge in [0.05, 0.1) is 24.9 Å². The first-order chi connectivity index (χ1) is 19.8. The first-order valence-corrected chi connectivity index (χ1v) is 13.8. The Morgan fingerprint density at radius 1 is 1.07 bits per heavy atom. The molecule has 0 spiro atoms. The molecule has 3 amide bonds. The van der Waals surface area contributed by atoms with E-state index in [9.17, 15) is 14.4 Å². The number of hydrogen-bond acceptors (Lipinski definition) is 8. The van der Waals surface area contributed by atoms with Gasteiger partial charge in [-0.2, -0.15) is 0 Å². The molecule has 2 atom stereocenters. The van der Waals surface area contributed by atoms with Crippen LogP contribution in [0.1, 0.15) is 50.9 Å². The number of benzene rings is 2. The summed E-state index contributed by atoms with van der Waals surface area (Å²) in [5, 5.41) is 5.88. The van der Waals surface area contributed by atoms with Crippen molar-refractivity contribution in [2.45, 2.75) is 45.4 Å². The summed E-state index contributed by atoms with van der Waals surface area (Å²) >= 11 is 0. The first-order valence-electron chi connectivity index (χ1n) is 13.8. The molecule has 1 aliphatic carbocycles. The Hall–Kier alpha value is -4.54. The summed E-state index contributed by atoms with van der Waals surface area (Å²) in [6.07, 6.45) is 1.71. The normalized spacial score (nSPS) is 20.8. The number of nitrogens with zero attached hydrogens (tertiary/aromatic N) is 2. The van der Waals surface area contributed by atoms with Gasteiger partial charge in [0.15, 0.2) is 12.5 Å². The zero-order valence-electron chi connectivity index (χ0n) is 23.0. The second-order valence-electron chi connectivity index (χ2n) is 10.8. The van der Waals surface area contributed by atoms with Crippen LogP contribution in [0.2, 0.25) is 0 Å². The molecule has 1 saturated carbocycles. The van der Waals surface area contributed by atoms with E-state index in [0.717, 1.165) is 18.4 Å². The van der Waals surface area contributed by atoms with E-state index in [1.54, 1.807) is 49.1 Å². The van der Waals surface area contributed by atoms with Gasteiger partial charge in [0.1, 0.15) is 23.4 Å². The average Bonchev–Trinajstić information content (AvgIpc) is 3.62. The van der Waals surface area contributed by atoms with Crippen LogP contribution in [-0.4, -0.2) is 66.1 Å². The molecular weight excluding hydrogens is 528 g/mol. The minimum Gasteiger partial charge on any atom is -0.493 e. The molecule has 2 aromatic carbocycles. The number of rotatable bonds is 4. The molecule has 11 nitrogen and oxygen atoms in total. The quantitative estimate of drug-likeness (QED) is 0.498. The van der Waals surface area contributed by atoms with E-state index in [1.165, 1.54) is 0 Å². The number of likely N-dealkylation sites (tertiary alicyclic amines) is 1. The van der Waals surface area contributed by atoms with Crippen LogP contribution in [0.5, 0.6) is 17.2 Å². The molecule has 0 unspecified atom stereocenters. The Morgan fingerprint density at radius 3 is 2.61 bits per heavy atom. The standard InChI is InChI=1S/C30H32N4O7/c1-17-28(40-18(2)32-17)30(37)34-13-25-26(14-34)41-22-7-5-19(6-8-22)12-31-27(35)16-39-24-10-21(29(36)33-25)9-23(11-24)38-15-20-3-4-20/h5-11,20,25-26H,3-4,12-16H2,1-2H3,(H,31,35)(H,33,36)/t25-,26-/m0/s1. The van der Waals surface area contributed by atoms with Crippen molar-refractivity contribution in [1.29, 1.82) is 0 Å². The first kappa shape index (κ1) is 26.7. The summed E-state index contributed by atoms with van der Waals surface area (Å²) < 4.78 is 23.6. The molecular formula is C30H32N4O7. The summed E-state index contributed by atoms with van der Waals surface area (Å²) in [6.45, 7) is 4.53. The van der Waals surface area contributed by atoms with Gasteiger partial charge in [0.2, 0.25) is 5.76 Å². The Kier molecular flexibility index (Phi) is 7.25. The van der Waals surface area contributed by atoms with Crippen LogP contribution >= 0.6 is 0 Å². The molecule has 4 aliphatic rings. The van der Waals surface area contributed by atoms with E-state index < -0.39 is 12.1 Å². The second kappa shape index (κ2) is 11.1. The number of aromatic nitrogens is 1. The van der Waals surface area contributed by atoms with Crippen molar-refractivity contribution in [3.8, 4) is 17.2 Å². The predicted octanol–water partition coefficient (Wildman–Crippen LogP) is 2.79. The van der Waals surface area contributed by atoms with Gasteiger partial charge in [-0.3, -0.25) is 14.4 Å². The maximum atomic E-state index is 13.6. The number of ether oxygens (including phenoxy) is 3. The predicted molar refractivity (Wildman–Crippen MR) is 146 cm³/mol. The summed E-state index contributed by atoms with van der Waals surface area (Å²) in [5.41, 5.74) is 1.71. The third kappa shape index (κ3) is 6.29. The van der Waals surface area contributed by atoms with Gasteiger partial charge in [0.25, 0.3) is 17.7 Å². The smallest absolute Gasteiger partial charge is 0.291 e. The Morgan fingerprint density at radius 2 is 1.88 bits per heavy atom. The van der Waals surface area contributed by atoms with Gasteiger partial charge in [0, 0.05) is 31.6 Å². The lowest BCUT2D eigenvalue weighted by molar-refractivity contribution is -0.123. The lowest BCUT2D eigenvalue weighted by atomic mass is 10.1. The van der Waals surface area contributed by atoms with E-state index in [2.05, 4.69) is 15.6 Å². The van der Waals surface area contributed by atoms with Crippen LogP contribution in [0.15, 0.2) is 46.9 Å². The number of fused-ring (bicyclic) bond motifs is 7. The largest absolute Gasteiger partial charge is 0.493 e. The highest BCUT2D eigenvalue weighted by Crippen LogP contribution is 2.31. The van der Waals surface area contributed by atoms with Crippen molar-refractivity contribution in [3.63, 3.8) is 0 Å². The van der Waals surface area contributed by atoms with Crippen molar-refractivity contribution in [2.24, 2.45) is 5.92 Å². The highest BCUT2D eigenvalue weighted by Gasteiger charge is 2.40. The Balaban J connectivity index is 1.29. The van der Waals surface area contributed by atoms with Crippen molar-refractivity contribution < 1.29 is 33.0 Å². The van der Waals surface area contributed by atoms with Crippen molar-refractivity contribution >= 4 is 17.7 Å². The molecule has 214 valence electrons. The summed E-state index contributed by atoms with van der Waals surface area (Å²) in [4.78, 5) is 45.2. The van der Waals surface area contributed by atoms with E-state index in [-0.39, 0.29) is 43.2 Å². The maximum Gasteiger partial charge on any atom is 0.291 e. The molecule has 7 rings (SSSR count). The molecule has 1 aromatic heterocycles. The van der Waals surface area contributed by atoms with E-state index in [0.29, 0.717) is 53.5 Å². The molecule has 1 saturated heterocycles. The van der Waals surface area contributed by atoms with Crippen molar-refractivity contribution in [1.82, 2.24) is 20.5 Å². The number of oxazole rings is 1. The molecule has 2 N–H and O–H groups in total. The number of carbonyl (C=O) groups excluding carboxylic acids is 3. The van der Waals surface area contributed by atoms with Crippen molar-refractivity contribution in [3.05, 3.63) is 70.9 Å². The average molecular weight is 561 g/mol. The van der Waals surface area contributed by atoms with Crippen molar-refractivity contribution in [2.75, 3.05) is 26.3 Å². The van der Waals surface area contributed by atoms with Gasteiger partial charge >= 0.3 is 0 Å². The zero-order valence-corrected chi connectivity index (χ0v) is 23.0. The molecule has 11 heteroatoms. The van der Waals surface area contributed by atoms with Crippen LogP contribution in [0, 0.1) is 19.8 Å². The molecule has 2 fully saturated rings. The van der Waals surface area contributed by atoms with E-state index in [4.69, 9.17) is 18.6 Å². The number of hydrogen-bond donors (Lipinski definition) is 2. The van der Waals surface area contributed by atoms with Crippen LogP contribution in [0.4, 0.5) is 0 Å². The lowest BCUT2D eigenvalue weighted by Crippen LogP contribution is -2.45. The highest BCUT2D eigenvalue weighted by atomic mass is 16.5. The summed E-state index contributed by atoms with van der Waals surface area (Å²) in [5.74, 6) is 1.54. The SMILES string of the molecule is Cc1nc(C)c(C(=O)N2C[C@@H]3NC(=O)c4cc(cc(OCC5CC5)c4)OCC(=O)NCc4ccc(cc4)O[C@H]3C2)o1. The maximum absolute atomic E-state index is 13.6. The van der Waals surface area contributed by atoms with Crippen LogP contribution < -0.4 is 24.8 Å². The monoisotopic (exact) mass is 560 g/mol. The highest BCUT2D eigenvalue weighted by molar-refractivity contribution is 5.96. The molecule has 4 bridgehead atoms. The number of amides is 3. The fraction of sp³-hybridized carbons (Fsp3) is 0.400. The Bertz CT molecular complexity index is 1460. The number of carbonyl (C=O) groups is 3. The summed E-state index contributed by atoms with van der Waals surface area (Å²) in [6, 6.07) is 11.7. The fourth-order valence-corrected chi connectivity index (χ4v) is 4.95. The van der Waals surface area contributed by atoms with Gasteiger partial charge < -0.3 is 34.2 Å². The van der Waals surface area contributed by atoms with Gasteiger partial charge in [-0.25, -0.2) is 4.98 Å². The van der Waals surface area contributed by atoms with E-state index in [1.807, 2.05) is 12.1 Å². The van der Waals surface area contributed by atoms with Gasteiger partial charge in [-0.15, -0.1) is 0 Å². The minimum atomic E-state index is -0.529. The Labute approximate surface area is 237 Å². The molecule has 3 aliphatic heterocycles. The number of aryl methyl sites for hydroxylation is 2. The van der Waals surface area contributed by atoms with Crippen LogP contribution in [0.25, 0.3) is 0 Å². The van der Waals surface area contributed by atoms with Crippen LogP contribution in [0.3, 0.4) is 0 Å². The van der Waals surface area contributed by atoms with Gasteiger partial charge in [-0.05, 0) is 55.5 Å². The third-order valence-corrected chi connectivity index (χ3v) is 7.36. The molecule has 3 aromatic rings. The zero-order chi connectivity index (χ0) is 28.5. The second-order valence-corrected chi connectivity index (χ2v) is 10.8. The summed E-state index contributed by atoms with van der Waals surface area (Å²) in [7, 11) is 0. The number of nitrogens with one attached hydrogen (secondary N) is 2. The van der Waals surface area contributed by atoms with Crippen LogP contribution in [-0.2, 0) is 11.3 Å². The third-order valence-electron chi connectivity index (χ3n) is 7.36. The van der Waals surface area contributed by atoms with E-state index >= 15 is 0 Å². The molecule has 41 heavy (non-hydrogen) atoms. The molecule has 0 radical (unpaired) electrons.